The highest BCUT2D eigenvalue weighted by Crippen LogP contribution is 2.33. The molecule has 2 fully saturated rings. The van der Waals surface area contributed by atoms with Crippen LogP contribution in [-0.4, -0.2) is 52.2 Å². The van der Waals surface area contributed by atoms with Gasteiger partial charge in [0.05, 0.1) is 6.04 Å². The van der Waals surface area contributed by atoms with Crippen LogP contribution in [0.5, 0.6) is 0 Å². The van der Waals surface area contributed by atoms with Crippen molar-refractivity contribution in [2.75, 3.05) is 6.54 Å². The molecule has 0 spiro atoms. The van der Waals surface area contributed by atoms with Gasteiger partial charge in [-0.3, -0.25) is 9.69 Å². The number of amides is 2. The minimum atomic E-state index is -0.673. The van der Waals surface area contributed by atoms with E-state index < -0.39 is 17.7 Å². The number of piperidine rings is 1. The van der Waals surface area contributed by atoms with Crippen molar-refractivity contribution in [3.8, 4) is 0 Å². The van der Waals surface area contributed by atoms with E-state index in [1.54, 1.807) is 4.90 Å². The van der Waals surface area contributed by atoms with Gasteiger partial charge in [-0.2, -0.15) is 0 Å². The van der Waals surface area contributed by atoms with E-state index in [0.717, 1.165) is 31.4 Å². The maximum Gasteiger partial charge on any atom is 0.411 e. The molecule has 3 unspecified atom stereocenters. The van der Waals surface area contributed by atoms with Crippen LogP contribution >= 0.6 is 0 Å². The molecule has 2 amide bonds. The first-order valence-corrected chi connectivity index (χ1v) is 12.8. The van der Waals surface area contributed by atoms with Crippen LogP contribution in [0.2, 0.25) is 0 Å². The molecule has 3 aliphatic rings. The lowest BCUT2D eigenvalue weighted by Crippen LogP contribution is -2.59. The second-order valence-corrected chi connectivity index (χ2v) is 11.0. The third-order valence-corrected chi connectivity index (χ3v) is 7.23. The Balaban J connectivity index is 1.52. The first-order valence-electron chi connectivity index (χ1n) is 12.8. The number of likely N-dealkylation sites (tertiary alicyclic amines) is 1. The van der Waals surface area contributed by atoms with Crippen LogP contribution in [0.3, 0.4) is 0 Å². The van der Waals surface area contributed by atoms with E-state index in [9.17, 15) is 9.59 Å². The van der Waals surface area contributed by atoms with Crippen molar-refractivity contribution >= 4 is 12.0 Å². The minimum Gasteiger partial charge on any atom is -0.444 e. The SMILES string of the molecule is CC(NC(=O)C1C2=CNN(Cc3ccccc3)C2CCN1C(=O)OC(C)(C)C)C1CCCCC1. The standard InChI is InChI=1S/C27H40N4O3/c1-19(21-13-9-6-10-14-21)29-25(32)24-22-17-28-31(18-20-11-7-5-8-12-20)23(22)15-16-30(24)26(33)34-27(2,3)4/h5,7-8,11-12,17,19,21,23-24,28H,6,9-10,13-16,18H2,1-4H3,(H,29,32). The molecule has 2 aliphatic heterocycles. The number of benzene rings is 1. The van der Waals surface area contributed by atoms with Crippen LogP contribution < -0.4 is 10.7 Å². The maximum atomic E-state index is 13.7. The average molecular weight is 469 g/mol. The second-order valence-electron chi connectivity index (χ2n) is 11.0. The fraction of sp³-hybridized carbons (Fsp3) is 0.630. The molecule has 2 N–H and O–H groups in total. The number of nitrogens with one attached hydrogen (secondary N) is 2. The summed E-state index contributed by atoms with van der Waals surface area (Å²) < 4.78 is 5.70. The van der Waals surface area contributed by atoms with E-state index >= 15 is 0 Å². The Morgan fingerprint density at radius 3 is 2.50 bits per heavy atom. The summed E-state index contributed by atoms with van der Waals surface area (Å²) in [5, 5.41) is 5.44. The van der Waals surface area contributed by atoms with Crippen molar-refractivity contribution in [3.63, 3.8) is 0 Å². The molecular formula is C27H40N4O3. The molecule has 3 atom stereocenters. The molecule has 1 aromatic rings. The molecule has 1 aromatic carbocycles. The van der Waals surface area contributed by atoms with Gasteiger partial charge in [-0.15, -0.1) is 0 Å². The van der Waals surface area contributed by atoms with Crippen LogP contribution in [0.1, 0.15) is 71.8 Å². The van der Waals surface area contributed by atoms with Crippen LogP contribution in [0, 0.1) is 5.92 Å². The van der Waals surface area contributed by atoms with Gasteiger partial charge in [-0.05, 0) is 64.0 Å². The Bertz CT molecular complexity index is 889. The second kappa shape index (κ2) is 10.4. The molecule has 0 bridgehead atoms. The predicted octanol–water partition coefficient (Wildman–Crippen LogP) is 4.35. The third-order valence-electron chi connectivity index (χ3n) is 7.23. The van der Waals surface area contributed by atoms with Crippen molar-refractivity contribution < 1.29 is 14.3 Å². The summed E-state index contributed by atoms with van der Waals surface area (Å²) in [6, 6.07) is 9.76. The highest BCUT2D eigenvalue weighted by molar-refractivity contribution is 5.89. The van der Waals surface area contributed by atoms with E-state index in [1.165, 1.54) is 24.8 Å². The van der Waals surface area contributed by atoms with Gasteiger partial charge in [0.1, 0.15) is 11.6 Å². The maximum absolute atomic E-state index is 13.7. The molecule has 7 heteroatoms. The molecule has 4 rings (SSSR count). The smallest absolute Gasteiger partial charge is 0.411 e. The molecule has 0 radical (unpaired) electrons. The number of carbonyl (C=O) groups excluding carboxylic acids is 2. The zero-order valence-corrected chi connectivity index (χ0v) is 21.0. The molecule has 34 heavy (non-hydrogen) atoms. The first kappa shape index (κ1) is 24.6. The summed E-state index contributed by atoms with van der Waals surface area (Å²) in [4.78, 5) is 28.4. The van der Waals surface area contributed by atoms with E-state index in [1.807, 2.05) is 45.2 Å². The summed E-state index contributed by atoms with van der Waals surface area (Å²) in [5.74, 6) is 0.389. The number of rotatable bonds is 5. The normalized spacial score (nSPS) is 24.6. The quantitative estimate of drug-likeness (QED) is 0.672. The van der Waals surface area contributed by atoms with Gasteiger partial charge in [-0.25, -0.2) is 9.80 Å². The van der Waals surface area contributed by atoms with E-state index in [-0.39, 0.29) is 18.0 Å². The lowest BCUT2D eigenvalue weighted by atomic mass is 9.84. The Labute approximate surface area is 203 Å². The van der Waals surface area contributed by atoms with Crippen molar-refractivity contribution in [3.05, 3.63) is 47.7 Å². The zero-order valence-electron chi connectivity index (χ0n) is 21.0. The Morgan fingerprint density at radius 2 is 1.82 bits per heavy atom. The molecule has 186 valence electrons. The van der Waals surface area contributed by atoms with Crippen LogP contribution in [-0.2, 0) is 16.1 Å². The highest BCUT2D eigenvalue weighted by Gasteiger charge is 2.46. The van der Waals surface area contributed by atoms with E-state index in [2.05, 4.69) is 34.8 Å². The van der Waals surface area contributed by atoms with Gasteiger partial charge >= 0.3 is 6.09 Å². The summed E-state index contributed by atoms with van der Waals surface area (Å²) >= 11 is 0. The van der Waals surface area contributed by atoms with Crippen molar-refractivity contribution in [2.45, 2.75) is 96.5 Å². The van der Waals surface area contributed by atoms with Crippen molar-refractivity contribution in [2.24, 2.45) is 5.92 Å². The Morgan fingerprint density at radius 1 is 1.12 bits per heavy atom. The van der Waals surface area contributed by atoms with Crippen LogP contribution in [0.15, 0.2) is 42.1 Å². The molecule has 1 aliphatic carbocycles. The number of ether oxygens (including phenoxy) is 1. The zero-order chi connectivity index (χ0) is 24.3. The number of nitrogens with zero attached hydrogens (tertiary/aromatic N) is 2. The predicted molar refractivity (Wildman–Crippen MR) is 133 cm³/mol. The van der Waals surface area contributed by atoms with Gasteiger partial charge in [0.15, 0.2) is 0 Å². The average Bonchev–Trinajstić information content (AvgIpc) is 3.21. The van der Waals surface area contributed by atoms with Gasteiger partial charge < -0.3 is 15.5 Å². The fourth-order valence-corrected chi connectivity index (χ4v) is 5.48. The number of hydrogen-bond donors (Lipinski definition) is 2. The summed E-state index contributed by atoms with van der Waals surface area (Å²) in [6.45, 7) is 8.88. The van der Waals surface area contributed by atoms with Gasteiger partial charge in [0, 0.05) is 25.3 Å². The fourth-order valence-electron chi connectivity index (χ4n) is 5.48. The molecule has 1 saturated heterocycles. The number of fused-ring (bicyclic) bond motifs is 1. The van der Waals surface area contributed by atoms with E-state index in [4.69, 9.17) is 4.74 Å². The van der Waals surface area contributed by atoms with Gasteiger partial charge in [0.25, 0.3) is 0 Å². The monoisotopic (exact) mass is 468 g/mol. The summed E-state index contributed by atoms with van der Waals surface area (Å²) in [6.07, 6.45) is 8.27. The molecular weight excluding hydrogens is 428 g/mol. The largest absolute Gasteiger partial charge is 0.444 e. The molecule has 1 saturated carbocycles. The van der Waals surface area contributed by atoms with E-state index in [0.29, 0.717) is 12.5 Å². The topological polar surface area (TPSA) is 73.9 Å². The molecule has 0 aromatic heterocycles. The summed E-state index contributed by atoms with van der Waals surface area (Å²) in [7, 11) is 0. The van der Waals surface area contributed by atoms with Crippen molar-refractivity contribution in [1.82, 2.24) is 20.7 Å². The first-order chi connectivity index (χ1) is 16.2. The van der Waals surface area contributed by atoms with Crippen LogP contribution in [0.25, 0.3) is 0 Å². The lowest BCUT2D eigenvalue weighted by Gasteiger charge is -2.41. The number of carbonyl (C=O) groups is 2. The number of hydrazine groups is 1. The lowest BCUT2D eigenvalue weighted by molar-refractivity contribution is -0.127. The van der Waals surface area contributed by atoms with Crippen LogP contribution in [0.4, 0.5) is 4.79 Å². The molecule has 7 nitrogen and oxygen atoms in total. The number of hydrogen-bond acceptors (Lipinski definition) is 5. The molecule has 2 heterocycles. The van der Waals surface area contributed by atoms with Gasteiger partial charge in [0.2, 0.25) is 5.91 Å². The Hall–Kier alpha value is -2.54. The van der Waals surface area contributed by atoms with Gasteiger partial charge in [-0.1, -0.05) is 49.6 Å². The minimum absolute atomic E-state index is 0.0552. The van der Waals surface area contributed by atoms with Crippen molar-refractivity contribution in [1.29, 1.82) is 0 Å². The third kappa shape index (κ3) is 5.74. The highest BCUT2D eigenvalue weighted by atomic mass is 16.6. The Kier molecular flexibility index (Phi) is 7.51. The summed E-state index contributed by atoms with van der Waals surface area (Å²) in [5.41, 5.74) is 4.88.